The van der Waals surface area contributed by atoms with Crippen LogP contribution < -0.4 is 5.43 Å². The Morgan fingerprint density at radius 2 is 1.70 bits per heavy atom. The molecular weight excluding hydrogens is 295 g/mol. The molecule has 1 aliphatic rings. The highest BCUT2D eigenvalue weighted by molar-refractivity contribution is 6.36. The Hall–Kier alpha value is -1.06. The molecule has 0 saturated heterocycles. The average Bonchev–Trinajstić information content (AvgIpc) is 2.37. The van der Waals surface area contributed by atoms with Gasteiger partial charge in [0.2, 0.25) is 0 Å². The lowest BCUT2D eigenvalue weighted by Gasteiger charge is -2.11. The molecule has 0 aliphatic heterocycles. The van der Waals surface area contributed by atoms with E-state index in [2.05, 4.69) is 10.5 Å². The van der Waals surface area contributed by atoms with Gasteiger partial charge in [-0.3, -0.25) is 4.79 Å². The van der Waals surface area contributed by atoms with Gasteiger partial charge in [-0.05, 0) is 43.9 Å². The van der Waals surface area contributed by atoms with E-state index in [4.69, 9.17) is 23.2 Å². The van der Waals surface area contributed by atoms with Gasteiger partial charge in [0.1, 0.15) is 0 Å². The van der Waals surface area contributed by atoms with E-state index >= 15 is 0 Å². The molecule has 1 amide bonds. The number of nitrogens with one attached hydrogen (secondary N) is 1. The van der Waals surface area contributed by atoms with Crippen molar-refractivity contribution in [2.75, 3.05) is 0 Å². The first kappa shape index (κ1) is 15.3. The topological polar surface area (TPSA) is 41.5 Å². The summed E-state index contributed by atoms with van der Waals surface area (Å²) in [6, 6.07) is 4.81. The first-order valence-corrected chi connectivity index (χ1v) is 7.73. The van der Waals surface area contributed by atoms with E-state index in [1.807, 2.05) is 0 Å². The van der Waals surface area contributed by atoms with Gasteiger partial charge >= 0.3 is 0 Å². The lowest BCUT2D eigenvalue weighted by atomic mass is 9.99. The van der Waals surface area contributed by atoms with Crippen molar-refractivity contribution in [1.29, 1.82) is 0 Å². The molecule has 0 bridgehead atoms. The van der Waals surface area contributed by atoms with E-state index in [9.17, 15) is 4.79 Å². The van der Waals surface area contributed by atoms with Crippen LogP contribution in [0.4, 0.5) is 0 Å². The first-order valence-electron chi connectivity index (χ1n) is 6.97. The van der Waals surface area contributed by atoms with Crippen molar-refractivity contribution < 1.29 is 4.79 Å². The number of halogens is 2. The zero-order valence-electron chi connectivity index (χ0n) is 11.3. The van der Waals surface area contributed by atoms with Gasteiger partial charge in [-0.2, -0.15) is 5.10 Å². The van der Waals surface area contributed by atoms with Gasteiger partial charge in [0.15, 0.2) is 0 Å². The highest BCUT2D eigenvalue weighted by Gasteiger charge is 2.11. The summed E-state index contributed by atoms with van der Waals surface area (Å²) in [6.07, 6.45) is 8.03. The maximum atomic E-state index is 12.0. The van der Waals surface area contributed by atoms with Crippen molar-refractivity contribution in [2.24, 2.45) is 5.10 Å². The first-order chi connectivity index (χ1) is 9.66. The third-order valence-corrected chi connectivity index (χ3v) is 3.97. The van der Waals surface area contributed by atoms with E-state index in [1.54, 1.807) is 18.2 Å². The van der Waals surface area contributed by atoms with Gasteiger partial charge < -0.3 is 0 Å². The minimum Gasteiger partial charge on any atom is -0.267 e. The second kappa shape index (κ2) is 7.65. The molecular formula is C15H18Cl2N2O. The Labute approximate surface area is 129 Å². The molecule has 1 aromatic rings. The average molecular weight is 313 g/mol. The van der Waals surface area contributed by atoms with Crippen LogP contribution in [-0.2, 0) is 0 Å². The molecule has 3 nitrogen and oxygen atoms in total. The standard InChI is InChI=1S/C15H18Cl2N2O/c16-11-8-9-13(14(17)10-11)15(20)19-18-12-6-4-2-1-3-5-7-12/h8-10H,1-7H2,(H,19,20). The molecule has 1 aliphatic carbocycles. The molecule has 0 heterocycles. The Bertz CT molecular complexity index is 505. The van der Waals surface area contributed by atoms with Crippen LogP contribution in [0.2, 0.25) is 10.0 Å². The van der Waals surface area contributed by atoms with Crippen LogP contribution in [-0.4, -0.2) is 11.6 Å². The number of hydrogen-bond acceptors (Lipinski definition) is 2. The Morgan fingerprint density at radius 3 is 2.35 bits per heavy atom. The molecule has 1 saturated carbocycles. The zero-order chi connectivity index (χ0) is 14.4. The molecule has 2 rings (SSSR count). The summed E-state index contributed by atoms with van der Waals surface area (Å²) in [5.74, 6) is -0.291. The number of rotatable bonds is 2. The Morgan fingerprint density at radius 1 is 1.05 bits per heavy atom. The Balaban J connectivity index is 1.99. The van der Waals surface area contributed by atoms with E-state index in [0.29, 0.717) is 15.6 Å². The maximum absolute atomic E-state index is 12.0. The number of hydrogen-bond donors (Lipinski definition) is 1. The van der Waals surface area contributed by atoms with E-state index < -0.39 is 0 Å². The van der Waals surface area contributed by atoms with Gasteiger partial charge in [0, 0.05) is 10.7 Å². The van der Waals surface area contributed by atoms with E-state index in [0.717, 1.165) is 31.4 Å². The quantitative estimate of drug-likeness (QED) is 0.781. The minimum atomic E-state index is -0.291. The molecule has 1 fully saturated rings. The number of benzene rings is 1. The summed E-state index contributed by atoms with van der Waals surface area (Å²) in [7, 11) is 0. The molecule has 108 valence electrons. The van der Waals surface area contributed by atoms with Crippen molar-refractivity contribution >= 4 is 34.8 Å². The molecule has 5 heteroatoms. The van der Waals surface area contributed by atoms with Crippen molar-refractivity contribution in [3.8, 4) is 0 Å². The van der Waals surface area contributed by atoms with Gasteiger partial charge in [0.05, 0.1) is 10.6 Å². The van der Waals surface area contributed by atoms with Gasteiger partial charge in [0.25, 0.3) is 5.91 Å². The fourth-order valence-electron chi connectivity index (χ4n) is 2.29. The van der Waals surface area contributed by atoms with E-state index in [-0.39, 0.29) is 5.91 Å². The van der Waals surface area contributed by atoms with Crippen LogP contribution in [0.15, 0.2) is 23.3 Å². The molecule has 0 unspecified atom stereocenters. The molecule has 0 radical (unpaired) electrons. The summed E-state index contributed by atoms with van der Waals surface area (Å²) in [5.41, 5.74) is 4.07. The summed E-state index contributed by atoms with van der Waals surface area (Å²) >= 11 is 11.8. The van der Waals surface area contributed by atoms with Crippen molar-refractivity contribution in [3.63, 3.8) is 0 Å². The highest BCUT2D eigenvalue weighted by atomic mass is 35.5. The van der Waals surface area contributed by atoms with Crippen molar-refractivity contribution in [1.82, 2.24) is 5.43 Å². The monoisotopic (exact) mass is 312 g/mol. The number of carbonyl (C=O) groups excluding carboxylic acids is 1. The number of carbonyl (C=O) groups is 1. The van der Waals surface area contributed by atoms with Crippen molar-refractivity contribution in [2.45, 2.75) is 44.9 Å². The normalized spacial score (nSPS) is 16.2. The lowest BCUT2D eigenvalue weighted by Crippen LogP contribution is -2.20. The fraction of sp³-hybridized carbons (Fsp3) is 0.467. The minimum absolute atomic E-state index is 0.291. The van der Waals surface area contributed by atoms with E-state index in [1.165, 1.54) is 19.3 Å². The summed E-state index contributed by atoms with van der Waals surface area (Å²) in [6.45, 7) is 0. The molecule has 1 N–H and O–H groups in total. The largest absolute Gasteiger partial charge is 0.272 e. The molecule has 0 aromatic heterocycles. The van der Waals surface area contributed by atoms with Crippen LogP contribution in [0.1, 0.15) is 55.3 Å². The highest BCUT2D eigenvalue weighted by Crippen LogP contribution is 2.21. The van der Waals surface area contributed by atoms with Crippen LogP contribution in [0.3, 0.4) is 0 Å². The van der Waals surface area contributed by atoms with Gasteiger partial charge in [-0.1, -0.05) is 42.5 Å². The van der Waals surface area contributed by atoms with Gasteiger partial charge in [-0.25, -0.2) is 5.43 Å². The third-order valence-electron chi connectivity index (χ3n) is 3.42. The lowest BCUT2D eigenvalue weighted by molar-refractivity contribution is 0.0954. The smallest absolute Gasteiger partial charge is 0.267 e. The summed E-state index contributed by atoms with van der Waals surface area (Å²) in [5, 5.41) is 5.10. The van der Waals surface area contributed by atoms with Gasteiger partial charge in [-0.15, -0.1) is 0 Å². The number of hydrazone groups is 1. The maximum Gasteiger partial charge on any atom is 0.272 e. The predicted octanol–water partition coefficient (Wildman–Crippen LogP) is 4.82. The van der Waals surface area contributed by atoms with Crippen LogP contribution in [0.25, 0.3) is 0 Å². The van der Waals surface area contributed by atoms with Crippen LogP contribution in [0, 0.1) is 0 Å². The number of nitrogens with zero attached hydrogens (tertiary/aromatic N) is 1. The molecule has 0 atom stereocenters. The summed E-state index contributed by atoms with van der Waals surface area (Å²) < 4.78 is 0. The second-order valence-corrected chi connectivity index (χ2v) is 5.85. The molecule has 20 heavy (non-hydrogen) atoms. The Kier molecular flexibility index (Phi) is 5.86. The predicted molar refractivity (Wildman–Crippen MR) is 83.7 cm³/mol. The second-order valence-electron chi connectivity index (χ2n) is 5.01. The molecule has 0 spiro atoms. The molecule has 1 aromatic carbocycles. The SMILES string of the molecule is O=C(NN=C1CCCCCCC1)c1ccc(Cl)cc1Cl. The van der Waals surface area contributed by atoms with Crippen molar-refractivity contribution in [3.05, 3.63) is 33.8 Å². The number of amides is 1. The summed E-state index contributed by atoms with van der Waals surface area (Å²) in [4.78, 5) is 12.0. The fourth-order valence-corrected chi connectivity index (χ4v) is 2.78. The zero-order valence-corrected chi connectivity index (χ0v) is 12.8. The third kappa shape index (κ3) is 4.50. The van der Waals surface area contributed by atoms with Crippen LogP contribution >= 0.6 is 23.2 Å². The van der Waals surface area contributed by atoms with Crippen LogP contribution in [0.5, 0.6) is 0 Å².